The first kappa shape index (κ1) is 7.67. The van der Waals surface area contributed by atoms with Crippen LogP contribution in [-0.2, 0) is 6.42 Å². The summed E-state index contributed by atoms with van der Waals surface area (Å²) >= 11 is 0. The molecular formula is C8H7FN2. The standard InChI is InChI=1S/C8H7FN2/c1-6-4-7(2-3-10)11-8(9)5-6/h4-5H,2H2,1H3. The van der Waals surface area contributed by atoms with Crippen molar-refractivity contribution >= 4 is 0 Å². The zero-order valence-corrected chi connectivity index (χ0v) is 6.13. The third-order valence-corrected chi connectivity index (χ3v) is 1.25. The predicted molar refractivity (Wildman–Crippen MR) is 38.2 cm³/mol. The topological polar surface area (TPSA) is 36.7 Å². The van der Waals surface area contributed by atoms with Crippen LogP contribution in [0.25, 0.3) is 0 Å². The van der Waals surface area contributed by atoms with Crippen LogP contribution in [0.1, 0.15) is 11.3 Å². The summed E-state index contributed by atoms with van der Waals surface area (Å²) in [6.45, 7) is 1.77. The molecule has 1 heterocycles. The minimum atomic E-state index is -0.518. The van der Waals surface area contributed by atoms with Crippen LogP contribution >= 0.6 is 0 Å². The first-order valence-corrected chi connectivity index (χ1v) is 3.22. The van der Waals surface area contributed by atoms with E-state index in [-0.39, 0.29) is 6.42 Å². The Balaban J connectivity index is 3.01. The van der Waals surface area contributed by atoms with Crippen molar-refractivity contribution in [3.8, 4) is 6.07 Å². The molecular weight excluding hydrogens is 143 g/mol. The number of halogens is 1. The van der Waals surface area contributed by atoms with E-state index < -0.39 is 5.95 Å². The maximum Gasteiger partial charge on any atom is 0.213 e. The second-order valence-electron chi connectivity index (χ2n) is 2.29. The highest BCUT2D eigenvalue weighted by Crippen LogP contribution is 2.03. The number of aromatic nitrogens is 1. The molecule has 0 fully saturated rings. The Morgan fingerprint density at radius 3 is 2.91 bits per heavy atom. The van der Waals surface area contributed by atoms with E-state index in [2.05, 4.69) is 4.98 Å². The molecule has 0 saturated carbocycles. The third-order valence-electron chi connectivity index (χ3n) is 1.25. The van der Waals surface area contributed by atoms with Gasteiger partial charge in [-0.05, 0) is 24.6 Å². The van der Waals surface area contributed by atoms with E-state index in [4.69, 9.17) is 5.26 Å². The molecule has 0 aliphatic heterocycles. The molecule has 0 radical (unpaired) electrons. The molecule has 0 aliphatic rings. The van der Waals surface area contributed by atoms with Gasteiger partial charge in [-0.15, -0.1) is 0 Å². The summed E-state index contributed by atoms with van der Waals surface area (Å²) in [5.74, 6) is -0.518. The summed E-state index contributed by atoms with van der Waals surface area (Å²) in [6.07, 6.45) is 0.165. The largest absolute Gasteiger partial charge is 0.224 e. The first-order valence-electron chi connectivity index (χ1n) is 3.22. The molecule has 1 aromatic heterocycles. The van der Waals surface area contributed by atoms with Crippen molar-refractivity contribution in [2.45, 2.75) is 13.3 Å². The Morgan fingerprint density at radius 1 is 1.64 bits per heavy atom. The highest BCUT2D eigenvalue weighted by atomic mass is 19.1. The van der Waals surface area contributed by atoms with Crippen molar-refractivity contribution in [2.75, 3.05) is 0 Å². The lowest BCUT2D eigenvalue weighted by Gasteiger charge is -1.95. The average Bonchev–Trinajstić information content (AvgIpc) is 1.85. The maximum atomic E-state index is 12.5. The molecule has 11 heavy (non-hydrogen) atoms. The number of hydrogen-bond donors (Lipinski definition) is 0. The van der Waals surface area contributed by atoms with Gasteiger partial charge in [-0.1, -0.05) is 0 Å². The van der Waals surface area contributed by atoms with Crippen molar-refractivity contribution in [1.82, 2.24) is 4.98 Å². The smallest absolute Gasteiger partial charge is 0.213 e. The molecule has 0 bridgehead atoms. The number of nitriles is 1. The summed E-state index contributed by atoms with van der Waals surface area (Å²) in [5.41, 5.74) is 1.28. The summed E-state index contributed by atoms with van der Waals surface area (Å²) in [7, 11) is 0. The van der Waals surface area contributed by atoms with E-state index in [9.17, 15) is 4.39 Å². The van der Waals surface area contributed by atoms with Crippen molar-refractivity contribution in [3.63, 3.8) is 0 Å². The average molecular weight is 150 g/mol. The number of aryl methyl sites for hydroxylation is 1. The molecule has 0 atom stereocenters. The normalized spacial score (nSPS) is 9.18. The molecule has 0 unspecified atom stereocenters. The van der Waals surface area contributed by atoms with Gasteiger partial charge in [0, 0.05) is 0 Å². The van der Waals surface area contributed by atoms with E-state index in [1.807, 2.05) is 6.07 Å². The number of rotatable bonds is 1. The Kier molecular flexibility index (Phi) is 2.17. The Bertz CT molecular complexity index is 281. The zero-order valence-electron chi connectivity index (χ0n) is 6.13. The maximum absolute atomic E-state index is 12.5. The zero-order chi connectivity index (χ0) is 8.27. The van der Waals surface area contributed by atoms with Crippen LogP contribution in [0.15, 0.2) is 12.1 Å². The number of pyridine rings is 1. The summed E-state index contributed by atoms with van der Waals surface area (Å²) < 4.78 is 12.5. The van der Waals surface area contributed by atoms with E-state index >= 15 is 0 Å². The minimum Gasteiger partial charge on any atom is -0.224 e. The van der Waals surface area contributed by atoms with Crippen molar-refractivity contribution in [3.05, 3.63) is 29.3 Å². The Morgan fingerprint density at radius 2 is 2.36 bits per heavy atom. The lowest BCUT2D eigenvalue weighted by Crippen LogP contribution is -1.92. The summed E-state index contributed by atoms with van der Waals surface area (Å²) in [4.78, 5) is 3.53. The fourth-order valence-electron chi connectivity index (χ4n) is 0.866. The van der Waals surface area contributed by atoms with Crippen LogP contribution in [0, 0.1) is 24.2 Å². The van der Waals surface area contributed by atoms with Gasteiger partial charge in [0.25, 0.3) is 0 Å². The van der Waals surface area contributed by atoms with Gasteiger partial charge in [0.2, 0.25) is 5.95 Å². The summed E-state index contributed by atoms with van der Waals surface area (Å²) in [5, 5.41) is 8.29. The molecule has 1 rings (SSSR count). The lowest BCUT2D eigenvalue weighted by atomic mass is 10.2. The molecule has 0 spiro atoms. The monoisotopic (exact) mass is 150 g/mol. The lowest BCUT2D eigenvalue weighted by molar-refractivity contribution is 0.577. The van der Waals surface area contributed by atoms with Crippen LogP contribution in [0.2, 0.25) is 0 Å². The van der Waals surface area contributed by atoms with Crippen LogP contribution in [0.3, 0.4) is 0 Å². The van der Waals surface area contributed by atoms with Gasteiger partial charge in [0.05, 0.1) is 18.2 Å². The first-order chi connectivity index (χ1) is 5.22. The summed E-state index contributed by atoms with van der Waals surface area (Å²) in [6, 6.07) is 4.94. The minimum absolute atomic E-state index is 0.165. The van der Waals surface area contributed by atoms with Crippen LogP contribution in [0.4, 0.5) is 4.39 Å². The second kappa shape index (κ2) is 3.11. The van der Waals surface area contributed by atoms with Gasteiger partial charge >= 0.3 is 0 Å². The molecule has 3 heteroatoms. The predicted octanol–water partition coefficient (Wildman–Crippen LogP) is 1.60. The van der Waals surface area contributed by atoms with E-state index in [1.54, 1.807) is 13.0 Å². The highest BCUT2D eigenvalue weighted by molar-refractivity contribution is 5.17. The molecule has 2 nitrogen and oxygen atoms in total. The van der Waals surface area contributed by atoms with Gasteiger partial charge in [-0.25, -0.2) is 4.98 Å². The fourth-order valence-corrected chi connectivity index (χ4v) is 0.866. The van der Waals surface area contributed by atoms with Crippen molar-refractivity contribution in [1.29, 1.82) is 5.26 Å². The van der Waals surface area contributed by atoms with Crippen molar-refractivity contribution in [2.24, 2.45) is 0 Å². The van der Waals surface area contributed by atoms with E-state index in [0.29, 0.717) is 5.69 Å². The molecule has 0 N–H and O–H groups in total. The molecule has 0 saturated heterocycles. The SMILES string of the molecule is Cc1cc(F)nc(CC#N)c1. The van der Waals surface area contributed by atoms with Crippen LogP contribution in [-0.4, -0.2) is 4.98 Å². The molecule has 0 aliphatic carbocycles. The van der Waals surface area contributed by atoms with E-state index in [1.165, 1.54) is 6.07 Å². The quantitative estimate of drug-likeness (QED) is 0.570. The van der Waals surface area contributed by atoms with Crippen molar-refractivity contribution < 1.29 is 4.39 Å². The Labute approximate surface area is 64.3 Å². The molecule has 1 aromatic rings. The van der Waals surface area contributed by atoms with Crippen LogP contribution < -0.4 is 0 Å². The Hall–Kier alpha value is -1.43. The van der Waals surface area contributed by atoms with E-state index in [0.717, 1.165) is 5.56 Å². The van der Waals surface area contributed by atoms with Crippen LogP contribution in [0.5, 0.6) is 0 Å². The van der Waals surface area contributed by atoms with Gasteiger partial charge in [-0.2, -0.15) is 9.65 Å². The van der Waals surface area contributed by atoms with Gasteiger partial charge in [-0.3, -0.25) is 0 Å². The van der Waals surface area contributed by atoms with Gasteiger partial charge in [0.15, 0.2) is 0 Å². The van der Waals surface area contributed by atoms with Gasteiger partial charge in [0.1, 0.15) is 0 Å². The molecule has 0 aromatic carbocycles. The molecule has 56 valence electrons. The highest BCUT2D eigenvalue weighted by Gasteiger charge is 1.97. The third kappa shape index (κ3) is 2.01. The molecule has 0 amide bonds. The fraction of sp³-hybridized carbons (Fsp3) is 0.250. The second-order valence-corrected chi connectivity index (χ2v) is 2.29. The number of nitrogens with zero attached hydrogens (tertiary/aromatic N) is 2. The van der Waals surface area contributed by atoms with Gasteiger partial charge < -0.3 is 0 Å². The number of hydrogen-bond acceptors (Lipinski definition) is 2.